The van der Waals surface area contributed by atoms with Crippen LogP contribution < -0.4 is 10.1 Å². The average molecular weight is 451 g/mol. The summed E-state index contributed by atoms with van der Waals surface area (Å²) in [6.45, 7) is 5.53. The number of hydrogen-bond acceptors (Lipinski definition) is 7. The summed E-state index contributed by atoms with van der Waals surface area (Å²) >= 11 is 1.55. The number of nitrogens with one attached hydrogen (secondary N) is 1. The largest absolute Gasteiger partial charge is 0.497 e. The molecule has 0 amide bonds. The van der Waals surface area contributed by atoms with Gasteiger partial charge in [-0.25, -0.2) is 9.48 Å². The molecule has 1 aliphatic heterocycles. The Morgan fingerprint density at radius 1 is 1.19 bits per heavy atom. The van der Waals surface area contributed by atoms with Crippen LogP contribution >= 0.6 is 11.8 Å². The number of allylic oxidation sites excluding steroid dienone is 1. The molecule has 1 aromatic heterocycles. The quantitative estimate of drug-likeness (QED) is 0.408. The van der Waals surface area contributed by atoms with Gasteiger partial charge in [-0.1, -0.05) is 54.2 Å². The molecule has 1 unspecified atom stereocenters. The first-order valence-electron chi connectivity index (χ1n) is 10.4. The van der Waals surface area contributed by atoms with E-state index < -0.39 is 6.04 Å². The zero-order chi connectivity index (χ0) is 22.7. The number of carbonyl (C=O) groups is 1. The lowest BCUT2D eigenvalue weighted by Gasteiger charge is -2.28. The van der Waals surface area contributed by atoms with Crippen LogP contribution in [0.25, 0.3) is 0 Å². The molecule has 0 aliphatic carbocycles. The third kappa shape index (κ3) is 4.65. The molecule has 0 saturated heterocycles. The van der Waals surface area contributed by atoms with Crippen molar-refractivity contribution in [1.82, 2.24) is 14.8 Å². The topological polar surface area (TPSA) is 78.3 Å². The molecule has 1 aliphatic rings. The Kier molecular flexibility index (Phi) is 6.50. The molecule has 1 N–H and O–H groups in total. The fraction of sp³-hybridized carbons (Fsp3) is 0.292. The number of ether oxygens (including phenoxy) is 2. The molecule has 0 saturated carbocycles. The van der Waals surface area contributed by atoms with Gasteiger partial charge in [0.05, 0.1) is 18.8 Å². The lowest BCUT2D eigenvalue weighted by Crippen LogP contribution is -2.30. The van der Waals surface area contributed by atoms with Crippen molar-refractivity contribution in [1.29, 1.82) is 0 Å². The minimum absolute atomic E-state index is 0.233. The predicted octanol–water partition coefficient (Wildman–Crippen LogP) is 4.82. The smallest absolute Gasteiger partial charge is 0.338 e. The lowest BCUT2D eigenvalue weighted by molar-refractivity contribution is -0.143. The average Bonchev–Trinajstić information content (AvgIpc) is 3.19. The van der Waals surface area contributed by atoms with Crippen LogP contribution in [0.4, 0.5) is 5.95 Å². The monoisotopic (exact) mass is 450 g/mol. The number of methoxy groups -OCH3 is 1. The van der Waals surface area contributed by atoms with E-state index in [4.69, 9.17) is 14.6 Å². The number of nitrogens with zero attached hydrogens (tertiary/aromatic N) is 3. The number of esters is 1. The summed E-state index contributed by atoms with van der Waals surface area (Å²) in [6, 6.07) is 17.3. The summed E-state index contributed by atoms with van der Waals surface area (Å²) in [5.74, 6) is 1.67. The van der Waals surface area contributed by atoms with E-state index in [0.29, 0.717) is 28.1 Å². The summed E-state index contributed by atoms with van der Waals surface area (Å²) in [7, 11) is 1.62. The van der Waals surface area contributed by atoms with Crippen LogP contribution in [-0.4, -0.2) is 33.9 Å². The number of fused-ring (bicyclic) bond motifs is 1. The predicted molar refractivity (Wildman–Crippen MR) is 125 cm³/mol. The van der Waals surface area contributed by atoms with Crippen molar-refractivity contribution in [3.63, 3.8) is 0 Å². The molecule has 3 aromatic rings. The summed E-state index contributed by atoms with van der Waals surface area (Å²) in [5.41, 5.74) is 3.26. The first-order valence-corrected chi connectivity index (χ1v) is 11.4. The minimum atomic E-state index is -0.480. The van der Waals surface area contributed by atoms with Crippen molar-refractivity contribution in [2.24, 2.45) is 0 Å². The van der Waals surface area contributed by atoms with Gasteiger partial charge in [0.2, 0.25) is 11.1 Å². The van der Waals surface area contributed by atoms with Crippen LogP contribution in [0.5, 0.6) is 5.75 Å². The molecule has 7 nitrogen and oxygen atoms in total. The highest BCUT2D eigenvalue weighted by Crippen LogP contribution is 2.38. The minimum Gasteiger partial charge on any atom is -0.497 e. The van der Waals surface area contributed by atoms with Crippen LogP contribution in [0.3, 0.4) is 0 Å². The van der Waals surface area contributed by atoms with Crippen molar-refractivity contribution < 1.29 is 14.3 Å². The van der Waals surface area contributed by atoms with E-state index in [-0.39, 0.29) is 12.1 Å². The summed E-state index contributed by atoms with van der Waals surface area (Å²) in [6.07, 6.45) is -0.233. The maximum Gasteiger partial charge on any atom is 0.338 e. The number of anilines is 1. The van der Waals surface area contributed by atoms with E-state index >= 15 is 0 Å². The molecule has 0 spiro atoms. The van der Waals surface area contributed by atoms with Crippen LogP contribution in [0.2, 0.25) is 0 Å². The maximum absolute atomic E-state index is 13.1. The lowest BCUT2D eigenvalue weighted by atomic mass is 9.95. The van der Waals surface area contributed by atoms with E-state index in [1.165, 1.54) is 5.56 Å². The second-order valence-corrected chi connectivity index (χ2v) is 8.68. The van der Waals surface area contributed by atoms with Gasteiger partial charge in [0.1, 0.15) is 11.8 Å². The summed E-state index contributed by atoms with van der Waals surface area (Å²) < 4.78 is 12.7. The van der Waals surface area contributed by atoms with E-state index in [0.717, 1.165) is 11.3 Å². The Hall–Kier alpha value is -3.26. The zero-order valence-corrected chi connectivity index (χ0v) is 19.3. The standard InChI is InChI=1S/C24H26N4O3S/c1-15(2)31-22(29)20-16(3)25-23-26-24(32-14-17-9-6-5-7-10-17)27-28(23)21(20)18-11-8-12-19(13-18)30-4/h5-13,15,21H,14H2,1-4H3,(H,25,26,27). The molecular weight excluding hydrogens is 424 g/mol. The zero-order valence-electron chi connectivity index (χ0n) is 18.5. The highest BCUT2D eigenvalue weighted by Gasteiger charge is 2.35. The third-order valence-corrected chi connectivity index (χ3v) is 5.92. The van der Waals surface area contributed by atoms with E-state index in [2.05, 4.69) is 22.4 Å². The number of carbonyl (C=O) groups excluding carboxylic acids is 1. The van der Waals surface area contributed by atoms with Crippen molar-refractivity contribution >= 4 is 23.7 Å². The van der Waals surface area contributed by atoms with Gasteiger partial charge in [-0.3, -0.25) is 0 Å². The van der Waals surface area contributed by atoms with Gasteiger partial charge in [-0.2, -0.15) is 4.98 Å². The summed E-state index contributed by atoms with van der Waals surface area (Å²) in [4.78, 5) is 17.7. The molecule has 0 radical (unpaired) electrons. The Labute approximate surface area is 191 Å². The highest BCUT2D eigenvalue weighted by atomic mass is 32.2. The van der Waals surface area contributed by atoms with Gasteiger partial charge in [0, 0.05) is 11.4 Å². The van der Waals surface area contributed by atoms with Crippen LogP contribution in [0, 0.1) is 0 Å². The van der Waals surface area contributed by atoms with Crippen molar-refractivity contribution in [3.05, 3.63) is 77.0 Å². The first kappa shape index (κ1) is 22.0. The molecule has 8 heteroatoms. The SMILES string of the molecule is COc1cccc(C2C(C(=O)OC(C)C)=C(C)Nc3nc(SCc4ccccc4)nn32)c1. The first-order chi connectivity index (χ1) is 15.5. The van der Waals surface area contributed by atoms with Crippen molar-refractivity contribution in [3.8, 4) is 5.75 Å². The van der Waals surface area contributed by atoms with Crippen molar-refractivity contribution in [2.75, 3.05) is 12.4 Å². The fourth-order valence-corrected chi connectivity index (χ4v) is 4.36. The van der Waals surface area contributed by atoms with Gasteiger partial charge < -0.3 is 14.8 Å². The van der Waals surface area contributed by atoms with Crippen LogP contribution in [-0.2, 0) is 15.3 Å². The van der Waals surface area contributed by atoms with E-state index in [1.54, 1.807) is 23.6 Å². The number of benzene rings is 2. The molecule has 2 heterocycles. The molecule has 32 heavy (non-hydrogen) atoms. The highest BCUT2D eigenvalue weighted by molar-refractivity contribution is 7.98. The molecule has 0 fully saturated rings. The van der Waals surface area contributed by atoms with Gasteiger partial charge in [-0.05, 0) is 44.0 Å². The van der Waals surface area contributed by atoms with E-state index in [9.17, 15) is 4.79 Å². The van der Waals surface area contributed by atoms with Crippen LogP contribution in [0.15, 0.2) is 71.0 Å². The molecule has 4 rings (SSSR count). The maximum atomic E-state index is 13.1. The Bertz CT molecular complexity index is 1140. The van der Waals surface area contributed by atoms with Gasteiger partial charge in [0.15, 0.2) is 0 Å². The van der Waals surface area contributed by atoms with Crippen molar-refractivity contribution in [2.45, 2.75) is 43.8 Å². The molecule has 1 atom stereocenters. The molecule has 166 valence electrons. The number of rotatable bonds is 7. The second-order valence-electron chi connectivity index (χ2n) is 7.73. The fourth-order valence-electron chi connectivity index (χ4n) is 3.58. The normalized spacial score (nSPS) is 15.3. The number of hydrogen-bond donors (Lipinski definition) is 1. The Morgan fingerprint density at radius 3 is 2.69 bits per heavy atom. The van der Waals surface area contributed by atoms with Crippen LogP contribution in [0.1, 0.15) is 37.9 Å². The molecule has 2 aromatic carbocycles. The van der Waals surface area contributed by atoms with E-state index in [1.807, 2.05) is 63.2 Å². The molecular formula is C24H26N4O3S. The number of thioether (sulfide) groups is 1. The van der Waals surface area contributed by atoms with Gasteiger partial charge in [0.25, 0.3) is 0 Å². The Balaban J connectivity index is 1.72. The van der Waals surface area contributed by atoms with Gasteiger partial charge in [-0.15, -0.1) is 5.10 Å². The third-order valence-electron chi connectivity index (χ3n) is 5.02. The Morgan fingerprint density at radius 2 is 1.97 bits per heavy atom. The molecule has 0 bridgehead atoms. The summed E-state index contributed by atoms with van der Waals surface area (Å²) in [5, 5.41) is 8.62. The number of aromatic nitrogens is 3. The second kappa shape index (κ2) is 9.48. The van der Waals surface area contributed by atoms with Gasteiger partial charge >= 0.3 is 5.97 Å².